The first-order valence-electron chi connectivity index (χ1n) is 8.41. The van der Waals surface area contributed by atoms with Gasteiger partial charge >= 0.3 is 6.03 Å². The molecule has 3 heterocycles. The average molecular weight is 338 g/mol. The van der Waals surface area contributed by atoms with E-state index in [0.29, 0.717) is 32.2 Å². The predicted molar refractivity (Wildman–Crippen MR) is 90.7 cm³/mol. The van der Waals surface area contributed by atoms with Gasteiger partial charge in [-0.2, -0.15) is 11.3 Å². The molecule has 2 fully saturated rings. The number of amides is 2. The fourth-order valence-corrected chi connectivity index (χ4v) is 4.16. The third kappa shape index (κ3) is 3.87. The number of ether oxygens (including phenoxy) is 2. The largest absolute Gasteiger partial charge is 0.347 e. The lowest BCUT2D eigenvalue weighted by molar-refractivity contribution is -0.189. The molecule has 3 rings (SSSR count). The first-order chi connectivity index (χ1) is 11.1. The van der Waals surface area contributed by atoms with Crippen molar-refractivity contribution >= 4 is 17.4 Å². The number of hydrogen-bond donors (Lipinski definition) is 1. The number of urea groups is 1. The molecule has 2 aliphatic rings. The SMILES string of the molecule is C[C@H](CNC(=O)N1CCC[C@@H](C2(C)OCCO2)C1)c1ccsc1. The van der Waals surface area contributed by atoms with Crippen molar-refractivity contribution in [1.29, 1.82) is 0 Å². The highest BCUT2D eigenvalue weighted by atomic mass is 32.1. The average Bonchev–Trinajstić information content (AvgIpc) is 3.25. The second kappa shape index (κ2) is 7.20. The van der Waals surface area contributed by atoms with E-state index >= 15 is 0 Å². The van der Waals surface area contributed by atoms with Crippen LogP contribution in [0.1, 0.15) is 38.2 Å². The number of nitrogens with zero attached hydrogens (tertiary/aromatic N) is 1. The van der Waals surface area contributed by atoms with Crippen LogP contribution in [0.15, 0.2) is 16.8 Å². The van der Waals surface area contributed by atoms with Crippen LogP contribution in [0.4, 0.5) is 4.79 Å². The van der Waals surface area contributed by atoms with E-state index in [2.05, 4.69) is 29.1 Å². The maximum atomic E-state index is 12.5. The van der Waals surface area contributed by atoms with Crippen molar-refractivity contribution in [2.24, 2.45) is 5.92 Å². The minimum Gasteiger partial charge on any atom is -0.347 e. The number of rotatable bonds is 4. The summed E-state index contributed by atoms with van der Waals surface area (Å²) in [5, 5.41) is 7.29. The van der Waals surface area contributed by atoms with E-state index < -0.39 is 5.79 Å². The van der Waals surface area contributed by atoms with E-state index in [0.717, 1.165) is 19.4 Å². The van der Waals surface area contributed by atoms with Crippen molar-refractivity contribution in [3.63, 3.8) is 0 Å². The molecule has 6 heteroatoms. The maximum absolute atomic E-state index is 12.5. The lowest BCUT2D eigenvalue weighted by Gasteiger charge is -2.39. The van der Waals surface area contributed by atoms with Crippen LogP contribution in [0, 0.1) is 5.92 Å². The number of hydrogen-bond acceptors (Lipinski definition) is 4. The number of piperidine rings is 1. The van der Waals surface area contributed by atoms with Crippen molar-refractivity contribution in [3.8, 4) is 0 Å². The van der Waals surface area contributed by atoms with Crippen LogP contribution in [0.3, 0.4) is 0 Å². The Morgan fingerprint density at radius 3 is 3.00 bits per heavy atom. The van der Waals surface area contributed by atoms with Crippen LogP contribution in [-0.2, 0) is 9.47 Å². The lowest BCUT2D eigenvalue weighted by atomic mass is 9.90. The van der Waals surface area contributed by atoms with Gasteiger partial charge in [-0.25, -0.2) is 4.79 Å². The van der Waals surface area contributed by atoms with Gasteiger partial charge in [0, 0.05) is 25.6 Å². The quantitative estimate of drug-likeness (QED) is 0.918. The Balaban J connectivity index is 1.51. The highest BCUT2D eigenvalue weighted by Gasteiger charge is 2.42. The van der Waals surface area contributed by atoms with Crippen molar-refractivity contribution in [2.75, 3.05) is 32.8 Å². The van der Waals surface area contributed by atoms with Gasteiger partial charge in [0.2, 0.25) is 0 Å². The van der Waals surface area contributed by atoms with Crippen molar-refractivity contribution in [1.82, 2.24) is 10.2 Å². The predicted octanol–water partition coefficient (Wildman–Crippen LogP) is 3.04. The normalized spacial score (nSPS) is 25.3. The van der Waals surface area contributed by atoms with Crippen molar-refractivity contribution < 1.29 is 14.3 Å². The summed E-state index contributed by atoms with van der Waals surface area (Å²) in [7, 11) is 0. The fourth-order valence-electron chi connectivity index (χ4n) is 3.38. The summed E-state index contributed by atoms with van der Waals surface area (Å²) in [6.07, 6.45) is 2.05. The number of thiophene rings is 1. The zero-order valence-corrected chi connectivity index (χ0v) is 14.7. The number of carbonyl (C=O) groups excluding carboxylic acids is 1. The minimum absolute atomic E-state index is 0.0263. The summed E-state index contributed by atoms with van der Waals surface area (Å²) in [4.78, 5) is 14.4. The van der Waals surface area contributed by atoms with Gasteiger partial charge in [-0.1, -0.05) is 6.92 Å². The standard InChI is InChI=1S/C17H26N2O3S/c1-13(14-5-9-23-12-14)10-18-16(20)19-6-3-4-15(11-19)17(2)21-7-8-22-17/h5,9,12-13,15H,3-4,6-8,10-11H2,1-2H3,(H,18,20)/t13-,15-/m1/s1. The molecule has 1 aromatic rings. The molecule has 0 aliphatic carbocycles. The summed E-state index contributed by atoms with van der Waals surface area (Å²) in [5.41, 5.74) is 1.28. The second-order valence-electron chi connectivity index (χ2n) is 6.64. The molecule has 1 N–H and O–H groups in total. The smallest absolute Gasteiger partial charge is 0.317 e. The monoisotopic (exact) mass is 338 g/mol. The molecule has 2 aliphatic heterocycles. The number of likely N-dealkylation sites (tertiary alicyclic amines) is 1. The molecule has 2 atom stereocenters. The van der Waals surface area contributed by atoms with Gasteiger partial charge in [-0.15, -0.1) is 0 Å². The minimum atomic E-state index is -0.525. The van der Waals surface area contributed by atoms with E-state index in [-0.39, 0.29) is 11.9 Å². The molecule has 0 bridgehead atoms. The number of carbonyl (C=O) groups is 1. The van der Waals surface area contributed by atoms with Gasteiger partial charge in [-0.3, -0.25) is 0 Å². The molecule has 0 radical (unpaired) electrons. The highest BCUT2D eigenvalue weighted by Crippen LogP contribution is 2.34. The Kier molecular flexibility index (Phi) is 5.24. The topological polar surface area (TPSA) is 50.8 Å². The molecular weight excluding hydrogens is 312 g/mol. The van der Waals surface area contributed by atoms with Crippen LogP contribution in [0.25, 0.3) is 0 Å². The Bertz CT molecular complexity index is 514. The first-order valence-corrected chi connectivity index (χ1v) is 9.35. The first kappa shape index (κ1) is 16.7. The Morgan fingerprint density at radius 2 is 2.30 bits per heavy atom. The molecule has 23 heavy (non-hydrogen) atoms. The van der Waals surface area contributed by atoms with Crippen LogP contribution in [-0.4, -0.2) is 49.6 Å². The summed E-state index contributed by atoms with van der Waals surface area (Å²) in [6.45, 7) is 7.63. The van der Waals surface area contributed by atoms with E-state index in [9.17, 15) is 4.79 Å². The van der Waals surface area contributed by atoms with Gasteiger partial charge in [0.05, 0.1) is 13.2 Å². The summed E-state index contributed by atoms with van der Waals surface area (Å²) in [6, 6.07) is 2.15. The third-order valence-corrected chi connectivity index (χ3v) is 5.68. The summed E-state index contributed by atoms with van der Waals surface area (Å²) < 4.78 is 11.6. The van der Waals surface area contributed by atoms with Crippen molar-refractivity contribution in [2.45, 2.75) is 38.4 Å². The molecule has 2 saturated heterocycles. The van der Waals surface area contributed by atoms with Crippen LogP contribution < -0.4 is 5.32 Å². The molecular formula is C17H26N2O3S. The lowest BCUT2D eigenvalue weighted by Crippen LogP contribution is -2.51. The van der Waals surface area contributed by atoms with Gasteiger partial charge in [0.25, 0.3) is 0 Å². The van der Waals surface area contributed by atoms with Crippen molar-refractivity contribution in [3.05, 3.63) is 22.4 Å². The molecule has 0 unspecified atom stereocenters. The summed E-state index contributed by atoms with van der Waals surface area (Å²) >= 11 is 1.69. The van der Waals surface area contributed by atoms with Gasteiger partial charge < -0.3 is 19.7 Å². The van der Waals surface area contributed by atoms with E-state index in [4.69, 9.17) is 9.47 Å². The van der Waals surface area contributed by atoms with E-state index in [1.54, 1.807) is 11.3 Å². The molecule has 5 nitrogen and oxygen atoms in total. The molecule has 1 aromatic heterocycles. The summed E-state index contributed by atoms with van der Waals surface area (Å²) in [5.74, 6) is 0.0618. The Morgan fingerprint density at radius 1 is 1.52 bits per heavy atom. The van der Waals surface area contributed by atoms with Crippen LogP contribution >= 0.6 is 11.3 Å². The van der Waals surface area contributed by atoms with E-state index in [1.165, 1.54) is 5.56 Å². The van der Waals surface area contributed by atoms with Gasteiger partial charge in [-0.05, 0) is 48.1 Å². The molecule has 2 amide bonds. The fraction of sp³-hybridized carbons (Fsp3) is 0.706. The molecule has 0 aromatic carbocycles. The highest BCUT2D eigenvalue weighted by molar-refractivity contribution is 7.07. The van der Waals surface area contributed by atoms with Gasteiger partial charge in [0.1, 0.15) is 0 Å². The Labute approximate surface area is 142 Å². The van der Waals surface area contributed by atoms with Gasteiger partial charge in [0.15, 0.2) is 5.79 Å². The second-order valence-corrected chi connectivity index (χ2v) is 7.42. The Hall–Kier alpha value is -1.11. The zero-order valence-electron chi connectivity index (χ0n) is 13.9. The maximum Gasteiger partial charge on any atom is 0.317 e. The third-order valence-electron chi connectivity index (χ3n) is 4.98. The number of nitrogens with one attached hydrogen (secondary N) is 1. The molecule has 128 valence electrons. The molecule has 0 saturated carbocycles. The van der Waals surface area contributed by atoms with Crippen LogP contribution in [0.5, 0.6) is 0 Å². The molecule has 0 spiro atoms. The van der Waals surface area contributed by atoms with E-state index in [1.807, 2.05) is 11.8 Å². The van der Waals surface area contributed by atoms with Crippen LogP contribution in [0.2, 0.25) is 0 Å². The zero-order chi connectivity index (χ0) is 16.3.